The molecule has 2 aromatic heterocycles. The highest BCUT2D eigenvalue weighted by Crippen LogP contribution is 2.11. The van der Waals surface area contributed by atoms with Gasteiger partial charge in [0.25, 0.3) is 5.91 Å². The Morgan fingerprint density at radius 1 is 1.39 bits per heavy atom. The minimum atomic E-state index is -0.466. The highest BCUT2D eigenvalue weighted by Gasteiger charge is 2.24. The van der Waals surface area contributed by atoms with Crippen molar-refractivity contribution in [3.63, 3.8) is 0 Å². The molecule has 23 heavy (non-hydrogen) atoms. The lowest BCUT2D eigenvalue weighted by molar-refractivity contribution is -0.124. The summed E-state index contributed by atoms with van der Waals surface area (Å²) >= 11 is 0. The first kappa shape index (κ1) is 15.2. The number of nitrogens with one attached hydrogen (secondary N) is 2. The summed E-state index contributed by atoms with van der Waals surface area (Å²) in [5.74, 6) is 0.235. The Morgan fingerprint density at radius 3 is 2.83 bits per heavy atom. The van der Waals surface area contributed by atoms with Gasteiger partial charge in [-0.15, -0.1) is 0 Å². The van der Waals surface area contributed by atoms with Crippen LogP contribution in [0.1, 0.15) is 34.6 Å². The van der Waals surface area contributed by atoms with Gasteiger partial charge >= 0.3 is 0 Å². The van der Waals surface area contributed by atoms with Gasteiger partial charge in [-0.3, -0.25) is 9.59 Å². The highest BCUT2D eigenvalue weighted by molar-refractivity contribution is 5.97. The normalized spacial score (nSPS) is 17.7. The quantitative estimate of drug-likeness (QED) is 0.881. The van der Waals surface area contributed by atoms with E-state index in [-0.39, 0.29) is 11.8 Å². The first-order valence-electron chi connectivity index (χ1n) is 7.63. The molecule has 7 nitrogen and oxygen atoms in total. The zero-order valence-electron chi connectivity index (χ0n) is 13.2. The van der Waals surface area contributed by atoms with Crippen molar-refractivity contribution in [3.05, 3.63) is 41.3 Å². The molecule has 0 radical (unpaired) electrons. The fourth-order valence-electron chi connectivity index (χ4n) is 2.66. The van der Waals surface area contributed by atoms with Gasteiger partial charge in [0, 0.05) is 18.4 Å². The van der Waals surface area contributed by atoms with E-state index in [1.165, 1.54) is 6.20 Å². The van der Waals surface area contributed by atoms with Crippen molar-refractivity contribution in [1.82, 2.24) is 25.4 Å². The van der Waals surface area contributed by atoms with E-state index in [2.05, 4.69) is 20.7 Å². The number of rotatable bonds is 3. The van der Waals surface area contributed by atoms with Crippen LogP contribution in [0.2, 0.25) is 0 Å². The van der Waals surface area contributed by atoms with E-state index >= 15 is 0 Å². The summed E-state index contributed by atoms with van der Waals surface area (Å²) in [5, 5.41) is 9.85. The zero-order valence-corrected chi connectivity index (χ0v) is 13.2. The van der Waals surface area contributed by atoms with Gasteiger partial charge in [0.1, 0.15) is 6.04 Å². The van der Waals surface area contributed by atoms with Gasteiger partial charge in [-0.2, -0.15) is 5.10 Å². The summed E-state index contributed by atoms with van der Waals surface area (Å²) in [7, 11) is 0. The van der Waals surface area contributed by atoms with Crippen LogP contribution in [-0.2, 0) is 4.79 Å². The predicted molar refractivity (Wildman–Crippen MR) is 84.3 cm³/mol. The fourth-order valence-corrected chi connectivity index (χ4v) is 2.66. The topological polar surface area (TPSA) is 88.9 Å². The second-order valence-corrected chi connectivity index (χ2v) is 5.70. The lowest BCUT2D eigenvalue weighted by Crippen LogP contribution is -2.50. The molecular formula is C16H19N5O2. The number of hydrogen-bond donors (Lipinski definition) is 2. The van der Waals surface area contributed by atoms with Crippen LogP contribution in [0.3, 0.4) is 0 Å². The van der Waals surface area contributed by atoms with E-state index in [1.807, 2.05) is 19.9 Å². The van der Waals surface area contributed by atoms with Gasteiger partial charge in [-0.05, 0) is 44.9 Å². The summed E-state index contributed by atoms with van der Waals surface area (Å²) in [4.78, 5) is 28.2. The molecule has 0 bridgehead atoms. The molecule has 1 saturated heterocycles. The fraction of sp³-hybridized carbons (Fsp3) is 0.375. The molecule has 0 spiro atoms. The summed E-state index contributed by atoms with van der Waals surface area (Å²) in [5.41, 5.74) is 2.31. The predicted octanol–water partition coefficient (Wildman–Crippen LogP) is 0.893. The molecule has 0 aromatic carbocycles. The first-order chi connectivity index (χ1) is 11.0. The average molecular weight is 313 g/mol. The zero-order chi connectivity index (χ0) is 16.4. The van der Waals surface area contributed by atoms with E-state index in [0.29, 0.717) is 24.3 Å². The molecule has 2 N–H and O–H groups in total. The number of carbonyl (C=O) groups is 2. The SMILES string of the molecule is Cc1cc(C)n(-c2ccc(C(=O)NC3CCCNC3=O)cn2)n1. The van der Waals surface area contributed by atoms with E-state index in [0.717, 1.165) is 17.8 Å². The van der Waals surface area contributed by atoms with Crippen molar-refractivity contribution in [1.29, 1.82) is 0 Å². The minimum Gasteiger partial charge on any atom is -0.354 e. The third-order valence-electron chi connectivity index (χ3n) is 3.83. The van der Waals surface area contributed by atoms with Crippen LogP contribution in [-0.4, -0.2) is 39.2 Å². The molecule has 1 aliphatic heterocycles. The number of carbonyl (C=O) groups excluding carboxylic acids is 2. The van der Waals surface area contributed by atoms with Gasteiger partial charge < -0.3 is 10.6 Å². The monoisotopic (exact) mass is 313 g/mol. The standard InChI is InChI=1S/C16H19N5O2/c1-10-8-11(2)21(20-10)14-6-5-12(9-18-14)15(22)19-13-4-3-7-17-16(13)23/h5-6,8-9,13H,3-4,7H2,1-2H3,(H,17,23)(H,19,22). The molecular weight excluding hydrogens is 294 g/mol. The second kappa shape index (κ2) is 6.20. The number of nitrogens with zero attached hydrogens (tertiary/aromatic N) is 3. The van der Waals surface area contributed by atoms with Crippen LogP contribution in [0.5, 0.6) is 0 Å². The van der Waals surface area contributed by atoms with Crippen molar-refractivity contribution in [2.24, 2.45) is 0 Å². The van der Waals surface area contributed by atoms with Gasteiger partial charge in [-0.1, -0.05) is 0 Å². The number of pyridine rings is 1. The molecule has 1 fully saturated rings. The van der Waals surface area contributed by atoms with Crippen molar-refractivity contribution >= 4 is 11.8 Å². The molecule has 2 aromatic rings. The Balaban J connectivity index is 1.72. The number of piperidine rings is 1. The smallest absolute Gasteiger partial charge is 0.253 e. The first-order valence-corrected chi connectivity index (χ1v) is 7.63. The van der Waals surface area contributed by atoms with E-state index in [9.17, 15) is 9.59 Å². The molecule has 1 unspecified atom stereocenters. The van der Waals surface area contributed by atoms with Crippen LogP contribution >= 0.6 is 0 Å². The number of hydrogen-bond acceptors (Lipinski definition) is 4. The molecule has 7 heteroatoms. The van der Waals surface area contributed by atoms with E-state index in [1.54, 1.807) is 16.8 Å². The minimum absolute atomic E-state index is 0.128. The molecule has 1 atom stereocenters. The van der Waals surface area contributed by atoms with Crippen LogP contribution in [0.25, 0.3) is 5.82 Å². The second-order valence-electron chi connectivity index (χ2n) is 5.70. The number of amides is 2. The maximum atomic E-state index is 12.2. The molecule has 1 aliphatic rings. The maximum Gasteiger partial charge on any atom is 0.253 e. The number of aromatic nitrogens is 3. The molecule has 3 heterocycles. The Bertz CT molecular complexity index is 735. The van der Waals surface area contributed by atoms with Gasteiger partial charge in [0.05, 0.1) is 11.3 Å². The number of aryl methyl sites for hydroxylation is 2. The van der Waals surface area contributed by atoms with Crippen LogP contribution in [0, 0.1) is 13.8 Å². The molecule has 2 amide bonds. The Morgan fingerprint density at radius 2 is 2.22 bits per heavy atom. The third kappa shape index (κ3) is 3.23. The third-order valence-corrected chi connectivity index (χ3v) is 3.83. The molecule has 0 aliphatic carbocycles. The van der Waals surface area contributed by atoms with E-state index < -0.39 is 6.04 Å². The molecule has 120 valence electrons. The van der Waals surface area contributed by atoms with Crippen LogP contribution in [0.4, 0.5) is 0 Å². The van der Waals surface area contributed by atoms with Crippen LogP contribution < -0.4 is 10.6 Å². The summed E-state index contributed by atoms with van der Waals surface area (Å²) in [6.07, 6.45) is 3.03. The van der Waals surface area contributed by atoms with Crippen molar-refractivity contribution in [3.8, 4) is 5.82 Å². The van der Waals surface area contributed by atoms with Crippen molar-refractivity contribution in [2.75, 3.05) is 6.54 Å². The largest absolute Gasteiger partial charge is 0.354 e. The average Bonchev–Trinajstić information content (AvgIpc) is 2.88. The van der Waals surface area contributed by atoms with Crippen LogP contribution in [0.15, 0.2) is 24.4 Å². The van der Waals surface area contributed by atoms with Crippen molar-refractivity contribution < 1.29 is 9.59 Å². The lowest BCUT2D eigenvalue weighted by Gasteiger charge is -2.22. The summed E-state index contributed by atoms with van der Waals surface area (Å²) < 4.78 is 1.73. The Kier molecular flexibility index (Phi) is 4.10. The maximum absolute atomic E-state index is 12.2. The Labute approximate surface area is 134 Å². The van der Waals surface area contributed by atoms with Gasteiger partial charge in [-0.25, -0.2) is 9.67 Å². The van der Waals surface area contributed by atoms with Crippen molar-refractivity contribution in [2.45, 2.75) is 32.7 Å². The lowest BCUT2D eigenvalue weighted by atomic mass is 10.1. The van der Waals surface area contributed by atoms with Gasteiger partial charge in [0.15, 0.2) is 5.82 Å². The molecule has 3 rings (SSSR count). The van der Waals surface area contributed by atoms with E-state index in [4.69, 9.17) is 0 Å². The summed E-state index contributed by atoms with van der Waals surface area (Å²) in [6, 6.07) is 4.93. The highest BCUT2D eigenvalue weighted by atomic mass is 16.2. The Hall–Kier alpha value is -2.70. The molecule has 0 saturated carbocycles. The summed E-state index contributed by atoms with van der Waals surface area (Å²) in [6.45, 7) is 4.54. The van der Waals surface area contributed by atoms with Gasteiger partial charge in [0.2, 0.25) is 5.91 Å².